The molecule has 4 aromatic rings. The number of hydrogen-bond donors (Lipinski definition) is 1. The number of nitro groups is 1. The normalized spacial score (nSPS) is 11.8. The molecule has 1 amide bonds. The van der Waals surface area contributed by atoms with Gasteiger partial charge >= 0.3 is 5.97 Å². The van der Waals surface area contributed by atoms with E-state index in [4.69, 9.17) is 4.74 Å². The van der Waals surface area contributed by atoms with Gasteiger partial charge in [-0.3, -0.25) is 14.9 Å². The van der Waals surface area contributed by atoms with Gasteiger partial charge < -0.3 is 10.1 Å². The molecule has 0 saturated heterocycles. The van der Waals surface area contributed by atoms with Crippen molar-refractivity contribution in [2.24, 2.45) is 0 Å². The van der Waals surface area contributed by atoms with Crippen LogP contribution in [0.15, 0.2) is 84.4 Å². The van der Waals surface area contributed by atoms with Crippen molar-refractivity contribution in [1.29, 1.82) is 0 Å². The van der Waals surface area contributed by atoms with Gasteiger partial charge in [-0.15, -0.1) is 11.3 Å². The second-order valence-corrected chi connectivity index (χ2v) is 8.31. The molecule has 2 heterocycles. The number of hydrogen-bond acceptors (Lipinski definition) is 7. The molecule has 0 radical (unpaired) electrons. The number of benzene rings is 2. The van der Waals surface area contributed by atoms with E-state index in [2.05, 4.69) is 10.4 Å². The van der Waals surface area contributed by atoms with Gasteiger partial charge in [-0.05, 0) is 42.6 Å². The summed E-state index contributed by atoms with van der Waals surface area (Å²) in [4.78, 5) is 36.3. The molecule has 4 rings (SSSR count). The maximum atomic E-state index is 12.4. The lowest BCUT2D eigenvalue weighted by atomic mass is 10.2. The lowest BCUT2D eigenvalue weighted by Gasteiger charge is -2.12. The fourth-order valence-corrected chi connectivity index (χ4v) is 3.96. The number of ether oxygens (including phenoxy) is 1. The highest BCUT2D eigenvalue weighted by Gasteiger charge is 2.21. The van der Waals surface area contributed by atoms with Crippen molar-refractivity contribution in [2.75, 3.05) is 5.32 Å². The average molecular weight is 489 g/mol. The van der Waals surface area contributed by atoms with Crippen LogP contribution in [0.1, 0.15) is 12.5 Å². The van der Waals surface area contributed by atoms with E-state index in [9.17, 15) is 19.7 Å². The molecule has 0 saturated carbocycles. The first-order valence-corrected chi connectivity index (χ1v) is 11.4. The number of anilines is 1. The van der Waals surface area contributed by atoms with E-state index >= 15 is 0 Å². The number of nitrogens with zero attached hydrogens (tertiary/aromatic N) is 3. The Morgan fingerprint density at radius 3 is 2.57 bits per heavy atom. The standard InChI is InChI=1S/C25H20N4O5S/c1-17(25(31)26-20-10-5-6-11-21(20)29(32)33)34-23(30)14-13-18-16-28(19-8-3-2-4-9-19)27-24(18)22-12-7-15-35-22/h2-17H,1H3,(H,26,31). The number of nitrogens with one attached hydrogen (secondary N) is 1. The van der Waals surface area contributed by atoms with Crippen LogP contribution in [0.5, 0.6) is 0 Å². The highest BCUT2D eigenvalue weighted by Crippen LogP contribution is 2.28. The summed E-state index contributed by atoms with van der Waals surface area (Å²) in [5.41, 5.74) is 2.04. The third-order valence-corrected chi connectivity index (χ3v) is 5.81. The van der Waals surface area contributed by atoms with Gasteiger partial charge in [-0.25, -0.2) is 9.48 Å². The Kier molecular flexibility index (Phi) is 7.12. The molecule has 1 N–H and O–H groups in total. The molecule has 0 aliphatic heterocycles. The molecule has 0 fully saturated rings. The van der Waals surface area contributed by atoms with E-state index in [0.29, 0.717) is 11.3 Å². The summed E-state index contributed by atoms with van der Waals surface area (Å²) in [6, 6.07) is 19.2. The van der Waals surface area contributed by atoms with Crippen molar-refractivity contribution in [2.45, 2.75) is 13.0 Å². The van der Waals surface area contributed by atoms with Crippen molar-refractivity contribution in [1.82, 2.24) is 9.78 Å². The molecule has 1 atom stereocenters. The minimum absolute atomic E-state index is 0.0230. The van der Waals surface area contributed by atoms with Gasteiger partial charge in [-0.2, -0.15) is 5.10 Å². The minimum atomic E-state index is -1.17. The van der Waals surface area contributed by atoms with E-state index in [1.54, 1.807) is 23.0 Å². The molecule has 0 aliphatic rings. The van der Waals surface area contributed by atoms with Crippen LogP contribution in [0.2, 0.25) is 0 Å². The quantitative estimate of drug-likeness (QED) is 0.160. The summed E-state index contributed by atoms with van der Waals surface area (Å²) in [5, 5.41) is 20.2. The van der Waals surface area contributed by atoms with Gasteiger partial charge in [0.05, 0.1) is 15.5 Å². The third-order valence-electron chi connectivity index (χ3n) is 4.94. The molecule has 0 spiro atoms. The predicted octanol–water partition coefficient (Wildman–Crippen LogP) is 5.09. The zero-order valence-corrected chi connectivity index (χ0v) is 19.3. The topological polar surface area (TPSA) is 116 Å². The van der Waals surface area contributed by atoms with E-state index in [-0.39, 0.29) is 11.4 Å². The minimum Gasteiger partial charge on any atom is -0.449 e. The van der Waals surface area contributed by atoms with Crippen LogP contribution in [0, 0.1) is 10.1 Å². The molecule has 1 unspecified atom stereocenters. The van der Waals surface area contributed by atoms with E-state index < -0.39 is 22.9 Å². The maximum absolute atomic E-state index is 12.4. The summed E-state index contributed by atoms with van der Waals surface area (Å²) < 4.78 is 6.92. The summed E-state index contributed by atoms with van der Waals surface area (Å²) in [5.74, 6) is -1.42. The molecular formula is C25H20N4O5S. The van der Waals surface area contributed by atoms with Gasteiger partial charge in [0.1, 0.15) is 11.4 Å². The molecule has 9 nitrogen and oxygen atoms in total. The Bertz CT molecular complexity index is 1380. The zero-order valence-electron chi connectivity index (χ0n) is 18.5. The Morgan fingerprint density at radius 2 is 1.86 bits per heavy atom. The molecule has 176 valence electrons. The zero-order chi connectivity index (χ0) is 24.8. The number of thiophene rings is 1. The summed E-state index contributed by atoms with van der Waals surface area (Å²) in [6.07, 6.45) is 3.43. The molecule has 0 bridgehead atoms. The number of amides is 1. The Morgan fingerprint density at radius 1 is 1.11 bits per heavy atom. The highest BCUT2D eigenvalue weighted by atomic mass is 32.1. The first-order valence-electron chi connectivity index (χ1n) is 10.5. The summed E-state index contributed by atoms with van der Waals surface area (Å²) in [7, 11) is 0. The largest absolute Gasteiger partial charge is 0.449 e. The number of carbonyl (C=O) groups excluding carboxylic acids is 2. The van der Waals surface area contributed by atoms with Gasteiger partial charge in [0.2, 0.25) is 0 Å². The smallest absolute Gasteiger partial charge is 0.331 e. The Balaban J connectivity index is 1.47. The molecule has 2 aromatic heterocycles. The van der Waals surface area contributed by atoms with Crippen LogP contribution in [-0.2, 0) is 14.3 Å². The second-order valence-electron chi connectivity index (χ2n) is 7.37. The predicted molar refractivity (Wildman–Crippen MR) is 133 cm³/mol. The number of carbonyl (C=O) groups is 2. The molecular weight excluding hydrogens is 468 g/mol. The van der Waals surface area contributed by atoms with Gasteiger partial charge in [-0.1, -0.05) is 36.4 Å². The molecule has 35 heavy (non-hydrogen) atoms. The van der Waals surface area contributed by atoms with E-state index in [1.807, 2.05) is 47.8 Å². The van der Waals surface area contributed by atoms with Crippen molar-refractivity contribution in [3.8, 4) is 16.3 Å². The van der Waals surface area contributed by atoms with Crippen molar-refractivity contribution >= 4 is 40.7 Å². The van der Waals surface area contributed by atoms with Crippen LogP contribution in [-0.4, -0.2) is 32.7 Å². The molecule has 2 aromatic carbocycles. The van der Waals surface area contributed by atoms with Gasteiger partial charge in [0.25, 0.3) is 11.6 Å². The average Bonchev–Trinajstić information content (AvgIpc) is 3.53. The maximum Gasteiger partial charge on any atom is 0.331 e. The number of para-hydroxylation sites is 3. The summed E-state index contributed by atoms with van der Waals surface area (Å²) in [6.45, 7) is 1.39. The molecule has 0 aliphatic carbocycles. The first kappa shape index (κ1) is 23.6. The lowest BCUT2D eigenvalue weighted by molar-refractivity contribution is -0.383. The van der Waals surface area contributed by atoms with Gasteiger partial charge in [0.15, 0.2) is 6.10 Å². The number of aromatic nitrogens is 2. The van der Waals surface area contributed by atoms with Crippen LogP contribution in [0.3, 0.4) is 0 Å². The van der Waals surface area contributed by atoms with Crippen molar-refractivity contribution in [3.63, 3.8) is 0 Å². The summed E-state index contributed by atoms with van der Waals surface area (Å²) >= 11 is 1.52. The Labute approximate surface area is 204 Å². The molecule has 10 heteroatoms. The van der Waals surface area contributed by atoms with Gasteiger partial charge in [0, 0.05) is 23.9 Å². The highest BCUT2D eigenvalue weighted by molar-refractivity contribution is 7.13. The number of rotatable bonds is 8. The fourth-order valence-electron chi connectivity index (χ4n) is 3.22. The first-order chi connectivity index (χ1) is 16.9. The van der Waals surface area contributed by atoms with Crippen LogP contribution in [0.4, 0.5) is 11.4 Å². The third kappa shape index (κ3) is 5.68. The number of esters is 1. The second kappa shape index (κ2) is 10.6. The van der Waals surface area contributed by atoms with Crippen LogP contribution >= 0.6 is 11.3 Å². The van der Waals surface area contributed by atoms with Crippen LogP contribution in [0.25, 0.3) is 22.3 Å². The van der Waals surface area contributed by atoms with Crippen molar-refractivity contribution in [3.05, 3.63) is 100 Å². The fraction of sp³-hybridized carbons (Fsp3) is 0.0800. The monoisotopic (exact) mass is 488 g/mol. The Hall–Kier alpha value is -4.57. The number of nitro benzene ring substituents is 1. The van der Waals surface area contributed by atoms with E-state index in [1.165, 1.54) is 42.5 Å². The van der Waals surface area contributed by atoms with Crippen molar-refractivity contribution < 1.29 is 19.2 Å². The van der Waals surface area contributed by atoms with Crippen LogP contribution < -0.4 is 5.32 Å². The van der Waals surface area contributed by atoms with E-state index in [0.717, 1.165) is 10.6 Å². The SMILES string of the molecule is CC(OC(=O)C=Cc1cn(-c2ccccc2)nc1-c1cccs1)C(=O)Nc1ccccc1[N+](=O)[O-]. The lowest BCUT2D eigenvalue weighted by Crippen LogP contribution is -2.29.